The number of likely N-dealkylation sites (tertiary alicyclic amines) is 1. The minimum absolute atomic E-state index is 0.0172. The van der Waals surface area contributed by atoms with Crippen LogP contribution >= 0.6 is 0 Å². The third-order valence-electron chi connectivity index (χ3n) is 4.53. The number of hydrogen-bond acceptors (Lipinski definition) is 3. The molecule has 2 fully saturated rings. The van der Waals surface area contributed by atoms with E-state index >= 15 is 0 Å². The fraction of sp³-hybridized carbons (Fsp3) is 0.929. The molecule has 0 bridgehead atoms. The molecule has 0 aromatic rings. The summed E-state index contributed by atoms with van der Waals surface area (Å²) < 4.78 is 25.1. The summed E-state index contributed by atoms with van der Waals surface area (Å²) in [4.78, 5) is 14.5. The van der Waals surface area contributed by atoms with Gasteiger partial charge in [0.2, 0.25) is 15.9 Å². The van der Waals surface area contributed by atoms with Crippen LogP contribution in [0.15, 0.2) is 0 Å². The first-order valence-corrected chi connectivity index (χ1v) is 9.31. The quantitative estimate of drug-likeness (QED) is 0.790. The second kappa shape index (κ2) is 6.43. The largest absolute Gasteiger partial charge is 0.342 e. The van der Waals surface area contributed by atoms with Gasteiger partial charge in [-0.15, -0.1) is 0 Å². The Morgan fingerprint density at radius 3 is 2.35 bits per heavy atom. The molecular weight excluding hydrogens is 276 g/mol. The third-order valence-corrected chi connectivity index (χ3v) is 6.41. The van der Waals surface area contributed by atoms with Gasteiger partial charge in [-0.2, -0.15) is 0 Å². The van der Waals surface area contributed by atoms with E-state index in [2.05, 4.69) is 6.92 Å². The lowest BCUT2D eigenvalue weighted by Crippen LogP contribution is -2.47. The van der Waals surface area contributed by atoms with Gasteiger partial charge in [0.1, 0.15) is 0 Å². The first-order valence-electron chi connectivity index (χ1n) is 7.70. The van der Waals surface area contributed by atoms with Crippen molar-refractivity contribution in [3.05, 3.63) is 0 Å². The van der Waals surface area contributed by atoms with Gasteiger partial charge < -0.3 is 4.90 Å². The van der Waals surface area contributed by atoms with Crippen LogP contribution in [0.5, 0.6) is 0 Å². The van der Waals surface area contributed by atoms with Crippen molar-refractivity contribution in [1.29, 1.82) is 0 Å². The Balaban J connectivity index is 1.89. The number of amides is 1. The highest BCUT2D eigenvalue weighted by Gasteiger charge is 2.33. The molecule has 0 N–H and O–H groups in total. The second-order valence-corrected chi connectivity index (χ2v) is 8.36. The Kier molecular flexibility index (Phi) is 5.07. The van der Waals surface area contributed by atoms with Gasteiger partial charge in [0.05, 0.1) is 5.75 Å². The standard InChI is InChI=1S/C14H26N2O3S/c1-3-20(18,19)16-9-6-13(7-10-16)14(17)15-8-4-5-12(2)11-15/h12-13H,3-11H2,1-2H3/t12-/m0/s1. The highest BCUT2D eigenvalue weighted by molar-refractivity contribution is 7.89. The zero-order valence-electron chi connectivity index (χ0n) is 12.5. The molecule has 0 aliphatic carbocycles. The lowest BCUT2D eigenvalue weighted by atomic mass is 9.93. The van der Waals surface area contributed by atoms with Gasteiger partial charge in [-0.25, -0.2) is 12.7 Å². The van der Waals surface area contributed by atoms with Gasteiger partial charge in [-0.1, -0.05) is 6.92 Å². The summed E-state index contributed by atoms with van der Waals surface area (Å²) in [6.45, 7) is 6.59. The van der Waals surface area contributed by atoms with Crippen LogP contribution in [0.1, 0.15) is 39.5 Å². The predicted octanol–water partition coefficient (Wildman–Crippen LogP) is 1.31. The number of rotatable bonds is 3. The summed E-state index contributed by atoms with van der Waals surface area (Å²) in [5, 5.41) is 0. The molecule has 116 valence electrons. The smallest absolute Gasteiger partial charge is 0.225 e. The van der Waals surface area contributed by atoms with E-state index in [9.17, 15) is 13.2 Å². The van der Waals surface area contributed by atoms with Crippen LogP contribution in [0.3, 0.4) is 0 Å². The maximum Gasteiger partial charge on any atom is 0.225 e. The fourth-order valence-electron chi connectivity index (χ4n) is 3.21. The molecule has 1 amide bonds. The molecule has 0 saturated carbocycles. The van der Waals surface area contributed by atoms with E-state index in [0.717, 1.165) is 19.5 Å². The van der Waals surface area contributed by atoms with Crippen LogP contribution in [0.25, 0.3) is 0 Å². The Hall–Kier alpha value is -0.620. The topological polar surface area (TPSA) is 57.7 Å². The Morgan fingerprint density at radius 2 is 1.80 bits per heavy atom. The Bertz CT molecular complexity index is 441. The molecule has 5 nitrogen and oxygen atoms in total. The molecule has 2 heterocycles. The summed E-state index contributed by atoms with van der Waals surface area (Å²) in [5.41, 5.74) is 0. The van der Waals surface area contributed by atoms with Crippen molar-refractivity contribution in [3.8, 4) is 0 Å². The summed E-state index contributed by atoms with van der Waals surface area (Å²) in [6, 6.07) is 0. The maximum absolute atomic E-state index is 12.5. The number of sulfonamides is 1. The average Bonchev–Trinajstić information content (AvgIpc) is 2.46. The molecule has 2 aliphatic heterocycles. The summed E-state index contributed by atoms with van der Waals surface area (Å²) >= 11 is 0. The molecule has 0 spiro atoms. The fourth-order valence-corrected chi connectivity index (χ4v) is 4.34. The molecule has 0 radical (unpaired) electrons. The zero-order valence-corrected chi connectivity index (χ0v) is 13.4. The van der Waals surface area contributed by atoms with Gasteiger partial charge in [0.15, 0.2) is 0 Å². The van der Waals surface area contributed by atoms with Gasteiger partial charge in [-0.3, -0.25) is 4.79 Å². The maximum atomic E-state index is 12.5. The predicted molar refractivity (Wildman–Crippen MR) is 78.7 cm³/mol. The molecule has 20 heavy (non-hydrogen) atoms. The highest BCUT2D eigenvalue weighted by Crippen LogP contribution is 2.24. The van der Waals surface area contributed by atoms with Crippen LogP contribution in [0.4, 0.5) is 0 Å². The number of carbonyl (C=O) groups excluding carboxylic acids is 1. The first kappa shape index (κ1) is 15.8. The summed E-state index contributed by atoms with van der Waals surface area (Å²) in [5.74, 6) is 0.997. The minimum Gasteiger partial charge on any atom is -0.342 e. The summed E-state index contributed by atoms with van der Waals surface area (Å²) in [7, 11) is -3.10. The van der Waals surface area contributed by atoms with Crippen molar-refractivity contribution >= 4 is 15.9 Å². The van der Waals surface area contributed by atoms with Crippen LogP contribution in [0.2, 0.25) is 0 Å². The van der Waals surface area contributed by atoms with E-state index in [1.807, 2.05) is 4.90 Å². The Morgan fingerprint density at radius 1 is 1.15 bits per heavy atom. The normalized spacial score (nSPS) is 26.7. The van der Waals surface area contributed by atoms with Crippen LogP contribution in [-0.2, 0) is 14.8 Å². The molecule has 2 aliphatic rings. The van der Waals surface area contributed by atoms with Gasteiger partial charge in [0.25, 0.3) is 0 Å². The molecule has 0 unspecified atom stereocenters. The van der Waals surface area contributed by atoms with Gasteiger partial charge in [0, 0.05) is 32.1 Å². The third kappa shape index (κ3) is 3.52. The lowest BCUT2D eigenvalue weighted by molar-refractivity contribution is -0.138. The molecule has 6 heteroatoms. The Labute approximate surface area is 122 Å². The SMILES string of the molecule is CCS(=O)(=O)N1CCC(C(=O)N2CCC[C@H](C)C2)CC1. The van der Waals surface area contributed by atoms with Crippen LogP contribution in [0, 0.1) is 11.8 Å². The van der Waals surface area contributed by atoms with Crippen molar-refractivity contribution in [3.63, 3.8) is 0 Å². The van der Waals surface area contributed by atoms with E-state index in [1.165, 1.54) is 10.7 Å². The van der Waals surface area contributed by atoms with Gasteiger partial charge in [-0.05, 0) is 38.5 Å². The molecule has 0 aromatic carbocycles. The van der Waals surface area contributed by atoms with E-state index < -0.39 is 10.0 Å². The van der Waals surface area contributed by atoms with Crippen molar-refractivity contribution in [2.45, 2.75) is 39.5 Å². The average molecular weight is 302 g/mol. The highest BCUT2D eigenvalue weighted by atomic mass is 32.2. The molecule has 0 aromatic heterocycles. The minimum atomic E-state index is -3.10. The van der Waals surface area contributed by atoms with Crippen molar-refractivity contribution in [2.24, 2.45) is 11.8 Å². The number of carbonyl (C=O) groups is 1. The lowest BCUT2D eigenvalue weighted by Gasteiger charge is -2.36. The van der Waals surface area contributed by atoms with E-state index in [1.54, 1.807) is 6.92 Å². The van der Waals surface area contributed by atoms with Crippen molar-refractivity contribution in [1.82, 2.24) is 9.21 Å². The first-order chi connectivity index (χ1) is 9.44. The van der Waals surface area contributed by atoms with Gasteiger partial charge >= 0.3 is 0 Å². The number of hydrogen-bond donors (Lipinski definition) is 0. The second-order valence-electron chi connectivity index (χ2n) is 6.11. The van der Waals surface area contributed by atoms with E-state index in [-0.39, 0.29) is 17.6 Å². The molecule has 1 atom stereocenters. The molecule has 2 saturated heterocycles. The van der Waals surface area contributed by atoms with Crippen molar-refractivity contribution < 1.29 is 13.2 Å². The van der Waals surface area contributed by atoms with E-state index in [0.29, 0.717) is 31.8 Å². The molecular formula is C14H26N2O3S. The van der Waals surface area contributed by atoms with Crippen LogP contribution in [-0.4, -0.2) is 55.5 Å². The van der Waals surface area contributed by atoms with E-state index in [4.69, 9.17) is 0 Å². The van der Waals surface area contributed by atoms with Crippen molar-refractivity contribution in [2.75, 3.05) is 31.9 Å². The zero-order chi connectivity index (χ0) is 14.8. The number of nitrogens with zero attached hydrogens (tertiary/aromatic N) is 2. The molecule has 2 rings (SSSR count). The van der Waals surface area contributed by atoms with Crippen LogP contribution < -0.4 is 0 Å². The summed E-state index contributed by atoms with van der Waals surface area (Å²) in [6.07, 6.45) is 3.64. The monoisotopic (exact) mass is 302 g/mol. The number of piperidine rings is 2.